The van der Waals surface area contributed by atoms with Gasteiger partial charge in [-0.15, -0.1) is 10.2 Å². The standard InChI is InChI=1S/C22H30N4OS/c1-28-22-25-24-20(26(22)17-10-3-4-11-17)14-7-15-23-21(27)19-13-6-9-16-8-2-5-12-18(16)19/h2,5,8,12,17,19H,3-4,6-7,9-11,13-15H2,1H3,(H,23,27). The molecule has 150 valence electrons. The highest BCUT2D eigenvalue weighted by atomic mass is 32.2. The second-order valence-corrected chi connectivity index (χ2v) is 8.72. The number of rotatable bonds is 7. The van der Waals surface area contributed by atoms with E-state index in [1.807, 2.05) is 6.07 Å². The molecule has 1 aromatic heterocycles. The average molecular weight is 399 g/mol. The summed E-state index contributed by atoms with van der Waals surface area (Å²) in [6, 6.07) is 8.95. The largest absolute Gasteiger partial charge is 0.356 e. The van der Waals surface area contributed by atoms with E-state index in [0.29, 0.717) is 12.6 Å². The van der Waals surface area contributed by atoms with Gasteiger partial charge in [0, 0.05) is 19.0 Å². The Morgan fingerprint density at radius 3 is 2.82 bits per heavy atom. The highest BCUT2D eigenvalue weighted by Crippen LogP contribution is 2.34. The third-order valence-corrected chi connectivity index (χ3v) is 6.81. The van der Waals surface area contributed by atoms with Crippen LogP contribution in [0.3, 0.4) is 0 Å². The minimum Gasteiger partial charge on any atom is -0.356 e. The lowest BCUT2D eigenvalue weighted by Gasteiger charge is -2.24. The van der Waals surface area contributed by atoms with E-state index in [0.717, 1.165) is 43.1 Å². The van der Waals surface area contributed by atoms with Crippen LogP contribution in [0.2, 0.25) is 0 Å². The van der Waals surface area contributed by atoms with Gasteiger partial charge in [0.05, 0.1) is 5.92 Å². The van der Waals surface area contributed by atoms with Crippen LogP contribution in [0.25, 0.3) is 0 Å². The van der Waals surface area contributed by atoms with E-state index in [1.54, 1.807) is 11.8 Å². The smallest absolute Gasteiger partial charge is 0.227 e. The van der Waals surface area contributed by atoms with Crippen molar-refractivity contribution in [2.75, 3.05) is 12.8 Å². The van der Waals surface area contributed by atoms with Crippen LogP contribution in [0.15, 0.2) is 29.4 Å². The lowest BCUT2D eigenvalue weighted by Crippen LogP contribution is -2.32. The van der Waals surface area contributed by atoms with Gasteiger partial charge in [0.15, 0.2) is 5.16 Å². The molecular formula is C22H30N4OS. The van der Waals surface area contributed by atoms with Gasteiger partial charge in [-0.2, -0.15) is 0 Å². The van der Waals surface area contributed by atoms with E-state index in [2.05, 4.69) is 44.5 Å². The average Bonchev–Trinajstić information content (AvgIpc) is 3.39. The minimum atomic E-state index is 0.00943. The van der Waals surface area contributed by atoms with Crippen molar-refractivity contribution in [2.24, 2.45) is 0 Å². The molecule has 1 saturated carbocycles. The first-order valence-corrected chi connectivity index (χ1v) is 11.8. The van der Waals surface area contributed by atoms with E-state index >= 15 is 0 Å². The first kappa shape index (κ1) is 19.5. The summed E-state index contributed by atoms with van der Waals surface area (Å²) < 4.78 is 2.36. The molecule has 1 amide bonds. The topological polar surface area (TPSA) is 59.8 Å². The summed E-state index contributed by atoms with van der Waals surface area (Å²) in [4.78, 5) is 12.8. The van der Waals surface area contributed by atoms with Crippen molar-refractivity contribution in [2.45, 2.75) is 74.9 Å². The third-order valence-electron chi connectivity index (χ3n) is 6.17. The van der Waals surface area contributed by atoms with Gasteiger partial charge in [-0.25, -0.2) is 0 Å². The monoisotopic (exact) mass is 398 g/mol. The van der Waals surface area contributed by atoms with Crippen LogP contribution < -0.4 is 5.32 Å². The van der Waals surface area contributed by atoms with E-state index in [4.69, 9.17) is 0 Å². The van der Waals surface area contributed by atoms with Crippen LogP contribution in [0, 0.1) is 0 Å². The minimum absolute atomic E-state index is 0.00943. The quantitative estimate of drug-likeness (QED) is 0.558. The fourth-order valence-corrected chi connectivity index (χ4v) is 5.33. The molecule has 1 fully saturated rings. The zero-order valence-electron chi connectivity index (χ0n) is 16.7. The van der Waals surface area contributed by atoms with Crippen molar-refractivity contribution in [3.8, 4) is 0 Å². The summed E-state index contributed by atoms with van der Waals surface area (Å²) in [6.07, 6.45) is 12.0. The summed E-state index contributed by atoms with van der Waals surface area (Å²) in [5.74, 6) is 1.26. The fraction of sp³-hybridized carbons (Fsp3) is 0.591. The molecule has 0 saturated heterocycles. The van der Waals surface area contributed by atoms with Crippen LogP contribution in [0.4, 0.5) is 0 Å². The third kappa shape index (κ3) is 4.12. The number of hydrogen-bond donors (Lipinski definition) is 1. The van der Waals surface area contributed by atoms with E-state index in [9.17, 15) is 4.79 Å². The second kappa shape index (κ2) is 9.12. The number of aryl methyl sites for hydroxylation is 2. The number of carbonyl (C=O) groups is 1. The molecule has 2 aliphatic carbocycles. The number of benzene rings is 1. The molecule has 0 radical (unpaired) electrons. The molecule has 1 atom stereocenters. The number of hydrogen-bond acceptors (Lipinski definition) is 4. The maximum Gasteiger partial charge on any atom is 0.227 e. The number of nitrogens with zero attached hydrogens (tertiary/aromatic N) is 3. The van der Waals surface area contributed by atoms with E-state index < -0.39 is 0 Å². The Morgan fingerprint density at radius 2 is 2.00 bits per heavy atom. The molecule has 1 heterocycles. The summed E-state index contributed by atoms with van der Waals surface area (Å²) in [5, 5.41) is 13.0. The van der Waals surface area contributed by atoms with Gasteiger partial charge in [-0.1, -0.05) is 48.9 Å². The molecule has 0 aliphatic heterocycles. The van der Waals surface area contributed by atoms with Crippen molar-refractivity contribution >= 4 is 17.7 Å². The first-order chi connectivity index (χ1) is 13.8. The number of aromatic nitrogens is 3. The van der Waals surface area contributed by atoms with E-state index in [1.165, 1.54) is 36.8 Å². The Hall–Kier alpha value is -1.82. The second-order valence-electron chi connectivity index (χ2n) is 7.95. The first-order valence-electron chi connectivity index (χ1n) is 10.6. The molecular weight excluding hydrogens is 368 g/mol. The van der Waals surface area contributed by atoms with Gasteiger partial charge in [0.25, 0.3) is 0 Å². The molecule has 1 N–H and O–H groups in total. The van der Waals surface area contributed by atoms with Crippen molar-refractivity contribution in [3.05, 3.63) is 41.2 Å². The molecule has 6 heteroatoms. The summed E-state index contributed by atoms with van der Waals surface area (Å²) in [5.41, 5.74) is 2.56. The Balaban J connectivity index is 1.32. The van der Waals surface area contributed by atoms with Gasteiger partial charge in [0.2, 0.25) is 5.91 Å². The highest BCUT2D eigenvalue weighted by molar-refractivity contribution is 7.98. The van der Waals surface area contributed by atoms with Crippen LogP contribution >= 0.6 is 11.8 Å². The SMILES string of the molecule is CSc1nnc(CCCNC(=O)C2CCCc3ccccc32)n1C1CCCC1. The summed E-state index contributed by atoms with van der Waals surface area (Å²) in [7, 11) is 0. The molecule has 28 heavy (non-hydrogen) atoms. The fourth-order valence-electron chi connectivity index (χ4n) is 4.75. The number of fused-ring (bicyclic) bond motifs is 1. The zero-order chi connectivity index (χ0) is 19.3. The Kier molecular flexibility index (Phi) is 6.35. The number of amides is 1. The van der Waals surface area contributed by atoms with Gasteiger partial charge < -0.3 is 9.88 Å². The highest BCUT2D eigenvalue weighted by Gasteiger charge is 2.26. The van der Waals surface area contributed by atoms with Gasteiger partial charge in [0.1, 0.15) is 5.82 Å². The Bertz CT molecular complexity index is 813. The van der Waals surface area contributed by atoms with Crippen molar-refractivity contribution in [3.63, 3.8) is 0 Å². The number of carbonyl (C=O) groups excluding carboxylic acids is 1. The van der Waals surface area contributed by atoms with Crippen LogP contribution in [0.5, 0.6) is 0 Å². The Morgan fingerprint density at radius 1 is 1.18 bits per heavy atom. The van der Waals surface area contributed by atoms with Gasteiger partial charge in [-0.3, -0.25) is 4.79 Å². The number of nitrogens with one attached hydrogen (secondary N) is 1. The molecule has 5 nitrogen and oxygen atoms in total. The lowest BCUT2D eigenvalue weighted by molar-refractivity contribution is -0.122. The van der Waals surface area contributed by atoms with Crippen LogP contribution in [-0.2, 0) is 17.6 Å². The molecule has 1 aromatic carbocycles. The maximum absolute atomic E-state index is 12.8. The summed E-state index contributed by atoms with van der Waals surface area (Å²) >= 11 is 1.68. The molecule has 1 unspecified atom stereocenters. The lowest BCUT2D eigenvalue weighted by atomic mass is 9.82. The predicted octanol–water partition coefficient (Wildman–Crippen LogP) is 4.28. The van der Waals surface area contributed by atoms with Gasteiger partial charge >= 0.3 is 0 Å². The van der Waals surface area contributed by atoms with Crippen LogP contribution in [-0.4, -0.2) is 33.5 Å². The van der Waals surface area contributed by atoms with Crippen molar-refractivity contribution < 1.29 is 4.79 Å². The molecule has 4 rings (SSSR count). The zero-order valence-corrected chi connectivity index (χ0v) is 17.5. The van der Waals surface area contributed by atoms with Gasteiger partial charge in [-0.05, 0) is 55.9 Å². The van der Waals surface area contributed by atoms with Crippen molar-refractivity contribution in [1.82, 2.24) is 20.1 Å². The van der Waals surface area contributed by atoms with E-state index in [-0.39, 0.29) is 11.8 Å². The predicted molar refractivity (Wildman–Crippen MR) is 113 cm³/mol. The molecule has 2 aliphatic rings. The summed E-state index contributed by atoms with van der Waals surface area (Å²) in [6.45, 7) is 0.698. The molecule has 0 bridgehead atoms. The Labute approximate surface area is 171 Å². The van der Waals surface area contributed by atoms with Crippen molar-refractivity contribution in [1.29, 1.82) is 0 Å². The molecule has 2 aromatic rings. The maximum atomic E-state index is 12.8. The number of thioether (sulfide) groups is 1. The van der Waals surface area contributed by atoms with Crippen LogP contribution in [0.1, 0.15) is 73.9 Å². The normalized spacial score (nSPS) is 19.5. The molecule has 0 spiro atoms.